The quantitative estimate of drug-likeness (QED) is 0.391. The number of benzene rings is 3. The van der Waals surface area contributed by atoms with Crippen LogP contribution in [-0.2, 0) is 0 Å². The van der Waals surface area contributed by atoms with Crippen molar-refractivity contribution >= 4 is 11.8 Å². The van der Waals surface area contributed by atoms with Gasteiger partial charge in [0, 0.05) is 11.1 Å². The Bertz CT molecular complexity index is 965. The summed E-state index contributed by atoms with van der Waals surface area (Å²) in [7, 11) is 0. The second-order valence-corrected chi connectivity index (χ2v) is 5.38. The lowest BCUT2D eigenvalue weighted by Crippen LogP contribution is -2.09. The van der Waals surface area contributed by atoms with Gasteiger partial charge in [-0.2, -0.15) is 0 Å². The molecule has 130 valence electrons. The number of esters is 1. The first-order chi connectivity index (χ1) is 12.4. The van der Waals surface area contributed by atoms with E-state index in [-0.39, 0.29) is 17.1 Å². The molecule has 0 aliphatic carbocycles. The smallest absolute Gasteiger partial charge is 0.343 e. The van der Waals surface area contributed by atoms with E-state index in [2.05, 4.69) is 0 Å². The van der Waals surface area contributed by atoms with Crippen molar-refractivity contribution in [2.45, 2.75) is 0 Å². The molecule has 3 aromatic carbocycles. The molecule has 0 saturated carbocycles. The molecule has 6 heteroatoms. The van der Waals surface area contributed by atoms with Gasteiger partial charge >= 0.3 is 5.97 Å². The summed E-state index contributed by atoms with van der Waals surface area (Å²) in [5.74, 6) is -3.70. The Morgan fingerprint density at radius 2 is 1.19 bits per heavy atom. The maximum Gasteiger partial charge on any atom is 0.343 e. The average molecular weight is 356 g/mol. The van der Waals surface area contributed by atoms with Crippen molar-refractivity contribution in [2.24, 2.45) is 0 Å². The SMILES string of the molecule is O=C(Oc1ccc(C(=O)c2ccc(F)cc2)cc1)c1ccc(F)c(F)c1. The van der Waals surface area contributed by atoms with Gasteiger partial charge in [-0.1, -0.05) is 0 Å². The molecular weight excluding hydrogens is 345 g/mol. The largest absolute Gasteiger partial charge is 0.423 e. The predicted molar refractivity (Wildman–Crippen MR) is 87.6 cm³/mol. The van der Waals surface area contributed by atoms with Gasteiger partial charge in [0.1, 0.15) is 11.6 Å². The van der Waals surface area contributed by atoms with Crippen LogP contribution in [0.3, 0.4) is 0 Å². The third-order valence-corrected chi connectivity index (χ3v) is 3.59. The van der Waals surface area contributed by atoms with Crippen LogP contribution in [0, 0.1) is 17.5 Å². The van der Waals surface area contributed by atoms with Gasteiger partial charge in [0.2, 0.25) is 0 Å². The first-order valence-corrected chi connectivity index (χ1v) is 7.51. The number of rotatable bonds is 4. The third-order valence-electron chi connectivity index (χ3n) is 3.59. The van der Waals surface area contributed by atoms with Gasteiger partial charge in [0.15, 0.2) is 17.4 Å². The highest BCUT2D eigenvalue weighted by atomic mass is 19.2. The fourth-order valence-corrected chi connectivity index (χ4v) is 2.23. The van der Waals surface area contributed by atoms with E-state index in [1.165, 1.54) is 48.5 Å². The molecule has 0 amide bonds. The van der Waals surface area contributed by atoms with Gasteiger partial charge in [-0.05, 0) is 66.7 Å². The Morgan fingerprint density at radius 3 is 1.77 bits per heavy atom. The molecule has 0 aromatic heterocycles. The van der Waals surface area contributed by atoms with Crippen molar-refractivity contribution in [1.29, 1.82) is 0 Å². The van der Waals surface area contributed by atoms with Crippen LogP contribution in [0.5, 0.6) is 5.75 Å². The Morgan fingerprint density at radius 1 is 0.654 bits per heavy atom. The fourth-order valence-electron chi connectivity index (χ4n) is 2.23. The second-order valence-electron chi connectivity index (χ2n) is 5.38. The standard InChI is InChI=1S/C20H11F3O3/c21-15-6-1-12(2-7-15)19(24)13-3-8-16(9-4-13)26-20(25)14-5-10-17(22)18(23)11-14/h1-11H. The van der Waals surface area contributed by atoms with E-state index in [4.69, 9.17) is 4.74 Å². The topological polar surface area (TPSA) is 43.4 Å². The average Bonchev–Trinajstić information content (AvgIpc) is 2.64. The van der Waals surface area contributed by atoms with E-state index in [0.29, 0.717) is 11.1 Å². The van der Waals surface area contributed by atoms with Crippen molar-refractivity contribution in [3.63, 3.8) is 0 Å². The molecule has 3 aromatic rings. The van der Waals surface area contributed by atoms with E-state index in [1.807, 2.05) is 0 Å². The summed E-state index contributed by atoms with van der Waals surface area (Å²) in [6.45, 7) is 0. The van der Waals surface area contributed by atoms with E-state index < -0.39 is 23.4 Å². The summed E-state index contributed by atoms with van der Waals surface area (Å²) in [5.41, 5.74) is 0.498. The summed E-state index contributed by atoms with van der Waals surface area (Å²) in [6.07, 6.45) is 0. The lowest BCUT2D eigenvalue weighted by molar-refractivity contribution is 0.0734. The van der Waals surface area contributed by atoms with Crippen molar-refractivity contribution in [1.82, 2.24) is 0 Å². The maximum atomic E-state index is 13.2. The molecule has 0 N–H and O–H groups in total. The normalized spacial score (nSPS) is 10.4. The highest BCUT2D eigenvalue weighted by Crippen LogP contribution is 2.18. The van der Waals surface area contributed by atoms with Gasteiger partial charge in [0.05, 0.1) is 5.56 Å². The molecule has 0 atom stereocenters. The minimum Gasteiger partial charge on any atom is -0.423 e. The van der Waals surface area contributed by atoms with Gasteiger partial charge in [0.25, 0.3) is 0 Å². The maximum absolute atomic E-state index is 13.2. The van der Waals surface area contributed by atoms with Crippen LogP contribution in [0.1, 0.15) is 26.3 Å². The predicted octanol–water partition coefficient (Wildman–Crippen LogP) is 4.55. The van der Waals surface area contributed by atoms with E-state index in [9.17, 15) is 22.8 Å². The Hall–Kier alpha value is -3.41. The highest BCUT2D eigenvalue weighted by molar-refractivity contribution is 6.09. The molecule has 0 bridgehead atoms. The van der Waals surface area contributed by atoms with Crippen LogP contribution >= 0.6 is 0 Å². The van der Waals surface area contributed by atoms with Crippen LogP contribution in [-0.4, -0.2) is 11.8 Å². The van der Waals surface area contributed by atoms with Gasteiger partial charge in [-0.3, -0.25) is 4.79 Å². The minimum absolute atomic E-state index is 0.135. The third kappa shape index (κ3) is 3.80. The van der Waals surface area contributed by atoms with Crippen LogP contribution in [0.15, 0.2) is 66.7 Å². The summed E-state index contributed by atoms with van der Waals surface area (Å²) < 4.78 is 44.0. The molecule has 0 aliphatic rings. The lowest BCUT2D eigenvalue weighted by Gasteiger charge is -2.06. The van der Waals surface area contributed by atoms with Crippen molar-refractivity contribution in [3.8, 4) is 5.75 Å². The molecule has 0 radical (unpaired) electrons. The number of halogens is 3. The fraction of sp³-hybridized carbons (Fsp3) is 0. The number of hydrogen-bond donors (Lipinski definition) is 0. The first-order valence-electron chi connectivity index (χ1n) is 7.51. The van der Waals surface area contributed by atoms with Crippen molar-refractivity contribution in [2.75, 3.05) is 0 Å². The number of carbonyl (C=O) groups excluding carboxylic acids is 2. The number of carbonyl (C=O) groups is 2. The molecule has 0 aliphatic heterocycles. The molecule has 0 saturated heterocycles. The van der Waals surface area contributed by atoms with Crippen LogP contribution in [0.4, 0.5) is 13.2 Å². The summed E-state index contributed by atoms with van der Waals surface area (Å²) in [6, 6.07) is 13.5. The van der Waals surface area contributed by atoms with Gasteiger partial charge < -0.3 is 4.74 Å². The molecule has 0 unspecified atom stereocenters. The Labute approximate surface area is 146 Å². The van der Waals surface area contributed by atoms with Crippen molar-refractivity contribution < 1.29 is 27.5 Å². The number of ether oxygens (including phenoxy) is 1. The lowest BCUT2D eigenvalue weighted by atomic mass is 10.0. The molecule has 3 nitrogen and oxygen atoms in total. The molecule has 3 rings (SSSR count). The molecule has 0 heterocycles. The first kappa shape index (κ1) is 17.4. The van der Waals surface area contributed by atoms with Crippen LogP contribution < -0.4 is 4.74 Å². The number of hydrogen-bond acceptors (Lipinski definition) is 3. The molecule has 0 fully saturated rings. The zero-order valence-corrected chi connectivity index (χ0v) is 13.2. The Balaban J connectivity index is 1.73. The molecular formula is C20H11F3O3. The minimum atomic E-state index is -1.15. The van der Waals surface area contributed by atoms with Gasteiger partial charge in [-0.15, -0.1) is 0 Å². The Kier molecular flexibility index (Phi) is 4.84. The number of ketones is 1. The monoisotopic (exact) mass is 356 g/mol. The summed E-state index contributed by atoms with van der Waals surface area (Å²) in [4.78, 5) is 24.2. The zero-order valence-electron chi connectivity index (χ0n) is 13.2. The zero-order chi connectivity index (χ0) is 18.7. The van der Waals surface area contributed by atoms with Crippen LogP contribution in [0.25, 0.3) is 0 Å². The van der Waals surface area contributed by atoms with E-state index in [0.717, 1.165) is 18.2 Å². The van der Waals surface area contributed by atoms with Crippen LogP contribution in [0.2, 0.25) is 0 Å². The second kappa shape index (κ2) is 7.23. The summed E-state index contributed by atoms with van der Waals surface area (Å²) in [5, 5.41) is 0. The van der Waals surface area contributed by atoms with E-state index in [1.54, 1.807) is 0 Å². The summed E-state index contributed by atoms with van der Waals surface area (Å²) >= 11 is 0. The van der Waals surface area contributed by atoms with E-state index >= 15 is 0 Å². The van der Waals surface area contributed by atoms with Gasteiger partial charge in [-0.25, -0.2) is 18.0 Å². The van der Waals surface area contributed by atoms with Crippen molar-refractivity contribution in [3.05, 3.63) is 101 Å². The molecule has 0 spiro atoms. The highest BCUT2D eigenvalue weighted by Gasteiger charge is 2.13. The molecule has 26 heavy (non-hydrogen) atoms.